The molecule has 0 radical (unpaired) electrons. The van der Waals surface area contributed by atoms with E-state index in [4.69, 9.17) is 14.2 Å². The van der Waals surface area contributed by atoms with E-state index in [0.29, 0.717) is 37.1 Å². The van der Waals surface area contributed by atoms with Crippen LogP contribution in [0, 0.1) is 0 Å². The molecule has 0 heterocycles. The number of esters is 3. The Hall–Kier alpha value is 0.259. The molecule has 0 aliphatic heterocycles. The molecular weight excluding hydrogens is 767 g/mol. The zero-order chi connectivity index (χ0) is 35.4. The van der Waals surface area contributed by atoms with Crippen molar-refractivity contribution in [2.24, 2.45) is 0 Å². The van der Waals surface area contributed by atoms with Gasteiger partial charge in [0.2, 0.25) is 0 Å². The van der Waals surface area contributed by atoms with Crippen molar-refractivity contribution in [3.63, 3.8) is 0 Å². The summed E-state index contributed by atoms with van der Waals surface area (Å²) in [5.41, 5.74) is 0. The molecule has 0 atom stereocenters. The van der Waals surface area contributed by atoms with Crippen molar-refractivity contribution >= 4 is 59.0 Å². The van der Waals surface area contributed by atoms with Gasteiger partial charge in [0.15, 0.2) is 0 Å². The summed E-state index contributed by atoms with van der Waals surface area (Å²) in [4.78, 5) is 38.6. The fourth-order valence-corrected chi connectivity index (χ4v) is 38.8. The third kappa shape index (κ3) is 32.2. The summed E-state index contributed by atoms with van der Waals surface area (Å²) in [5, 5.41) is 0. The predicted molar refractivity (Wildman–Crippen MR) is 214 cm³/mol. The molecule has 0 amide bonds. The summed E-state index contributed by atoms with van der Waals surface area (Å²) in [6.07, 6.45) is 27.9. The van der Waals surface area contributed by atoms with Gasteiger partial charge < -0.3 is 0 Å². The van der Waals surface area contributed by atoms with Gasteiger partial charge in [-0.25, -0.2) is 0 Å². The third-order valence-electron chi connectivity index (χ3n) is 8.35. The first-order valence-corrected chi connectivity index (χ1v) is 35.3. The first-order chi connectivity index (χ1) is 23.4. The number of hydrogen-bond donors (Lipinski definition) is 0. The fourth-order valence-electron chi connectivity index (χ4n) is 5.30. The standard InChI is InChI=1S/3C10H20O2S.C8H17.Sn/c3*1-2-3-4-5-6-7-8-12-10(11)9-13;1-3-5-7-8-6-4-2;/h3*13H,2-9H2,1H3;1,3-8H2,2H3;/q;;;;+3/p-3. The Morgan fingerprint density at radius 1 is 0.375 bits per heavy atom. The van der Waals surface area contributed by atoms with Crippen LogP contribution in [0.3, 0.4) is 0 Å². The van der Waals surface area contributed by atoms with E-state index in [2.05, 4.69) is 27.7 Å². The molecule has 0 aromatic rings. The minimum absolute atomic E-state index is 0.171. The number of rotatable bonds is 37. The first-order valence-electron chi connectivity index (χ1n) is 19.8. The van der Waals surface area contributed by atoms with Crippen LogP contribution in [-0.2, 0) is 28.6 Å². The summed E-state index contributed by atoms with van der Waals surface area (Å²) >= 11 is -3.37. The van der Waals surface area contributed by atoms with Crippen LogP contribution >= 0.6 is 26.8 Å². The number of carbonyl (C=O) groups is 3. The van der Waals surface area contributed by atoms with Crippen LogP contribution < -0.4 is 0 Å². The minimum atomic E-state index is -3.37. The van der Waals surface area contributed by atoms with E-state index in [9.17, 15) is 14.4 Å². The van der Waals surface area contributed by atoms with E-state index < -0.39 is 14.2 Å². The van der Waals surface area contributed by atoms with E-state index >= 15 is 0 Å². The van der Waals surface area contributed by atoms with Crippen molar-refractivity contribution in [3.05, 3.63) is 0 Å². The van der Waals surface area contributed by atoms with Gasteiger partial charge in [0.1, 0.15) is 0 Å². The van der Waals surface area contributed by atoms with Gasteiger partial charge in [-0.05, 0) is 0 Å². The van der Waals surface area contributed by atoms with Crippen molar-refractivity contribution in [3.8, 4) is 0 Å². The Labute approximate surface area is 308 Å². The molecule has 0 N–H and O–H groups in total. The Morgan fingerprint density at radius 3 is 0.917 bits per heavy atom. The maximum atomic E-state index is 12.9. The van der Waals surface area contributed by atoms with Gasteiger partial charge >= 0.3 is 311 Å². The van der Waals surface area contributed by atoms with Crippen molar-refractivity contribution in [2.75, 3.05) is 37.1 Å². The molecule has 0 aromatic carbocycles. The topological polar surface area (TPSA) is 78.9 Å². The molecule has 0 aliphatic carbocycles. The number of hydrogen-bond acceptors (Lipinski definition) is 9. The van der Waals surface area contributed by atoms with E-state index in [-0.39, 0.29) is 17.9 Å². The average Bonchev–Trinajstić information content (AvgIpc) is 3.09. The van der Waals surface area contributed by atoms with Gasteiger partial charge in [-0.1, -0.05) is 0 Å². The quantitative estimate of drug-likeness (QED) is 0.0263. The SMILES string of the molecule is CCCCCCCCOC(=O)C[S][Sn]([CH2]CCCCCCC)([S]CC(=O)OCCCCCCCC)[S]CC(=O)OCCCCCCCC. The Morgan fingerprint density at radius 2 is 0.625 bits per heavy atom. The van der Waals surface area contributed by atoms with Crippen LogP contribution in [0.15, 0.2) is 0 Å². The zero-order valence-corrected chi connectivity index (χ0v) is 36.9. The normalized spacial score (nSPS) is 11.5. The van der Waals surface area contributed by atoms with Crippen LogP contribution in [0.1, 0.15) is 182 Å². The first kappa shape index (κ1) is 48.3. The molecule has 6 nitrogen and oxygen atoms in total. The maximum absolute atomic E-state index is 12.9. The molecule has 10 heteroatoms. The van der Waals surface area contributed by atoms with Crippen LogP contribution in [0.4, 0.5) is 0 Å². The van der Waals surface area contributed by atoms with Gasteiger partial charge in [0.05, 0.1) is 0 Å². The molecule has 284 valence electrons. The predicted octanol–water partition coefficient (Wildman–Crippen LogP) is 12.2. The molecule has 0 saturated carbocycles. The van der Waals surface area contributed by atoms with E-state index in [1.165, 1.54) is 103 Å². The second kappa shape index (κ2) is 37.0. The molecule has 0 aromatic heterocycles. The zero-order valence-electron chi connectivity index (χ0n) is 31.6. The van der Waals surface area contributed by atoms with Crippen molar-refractivity contribution in [2.45, 2.75) is 186 Å². The third-order valence-corrected chi connectivity index (χ3v) is 46.9. The van der Waals surface area contributed by atoms with Crippen molar-refractivity contribution in [1.29, 1.82) is 0 Å². The monoisotopic (exact) mass is 842 g/mol. The molecule has 0 saturated heterocycles. The summed E-state index contributed by atoms with van der Waals surface area (Å²) < 4.78 is 17.9. The molecule has 0 rings (SSSR count). The number of carbonyl (C=O) groups excluding carboxylic acids is 3. The summed E-state index contributed by atoms with van der Waals surface area (Å²) in [7, 11) is 5.19. The molecule has 0 bridgehead atoms. The molecule has 0 spiro atoms. The fraction of sp³-hybridized carbons (Fsp3) is 0.921. The molecular formula is C38H74O6S3Sn. The second-order valence-corrected chi connectivity index (χ2v) is 46.7. The average molecular weight is 842 g/mol. The van der Waals surface area contributed by atoms with E-state index in [1.54, 1.807) is 26.8 Å². The van der Waals surface area contributed by atoms with Crippen molar-refractivity contribution < 1.29 is 28.6 Å². The van der Waals surface area contributed by atoms with Crippen molar-refractivity contribution in [1.82, 2.24) is 0 Å². The molecule has 0 aliphatic rings. The van der Waals surface area contributed by atoms with Gasteiger partial charge in [-0.2, -0.15) is 0 Å². The van der Waals surface area contributed by atoms with Crippen LogP contribution in [0.2, 0.25) is 4.44 Å². The molecule has 0 fully saturated rings. The summed E-state index contributed by atoms with van der Waals surface area (Å²) in [5.74, 6) is 0.365. The Balaban J connectivity index is 5.25. The second-order valence-electron chi connectivity index (χ2n) is 13.0. The Kier molecular flexibility index (Phi) is 37.2. The number of ether oxygens (including phenoxy) is 3. The van der Waals surface area contributed by atoms with Crippen LogP contribution in [0.25, 0.3) is 0 Å². The van der Waals surface area contributed by atoms with Crippen LogP contribution in [0.5, 0.6) is 0 Å². The number of unbranched alkanes of at least 4 members (excludes halogenated alkanes) is 20. The van der Waals surface area contributed by atoms with Crippen LogP contribution in [-0.4, -0.2) is 69.2 Å². The van der Waals surface area contributed by atoms with E-state index in [1.807, 2.05) is 0 Å². The van der Waals surface area contributed by atoms with Gasteiger partial charge in [-0.3, -0.25) is 0 Å². The van der Waals surface area contributed by atoms with Gasteiger partial charge in [-0.15, -0.1) is 0 Å². The Bertz CT molecular complexity index is 674. The summed E-state index contributed by atoms with van der Waals surface area (Å²) in [6, 6.07) is 0. The molecule has 0 unspecified atom stereocenters. The summed E-state index contributed by atoms with van der Waals surface area (Å²) in [6.45, 7) is 10.3. The van der Waals surface area contributed by atoms with Gasteiger partial charge in [0, 0.05) is 0 Å². The van der Waals surface area contributed by atoms with Gasteiger partial charge in [0.25, 0.3) is 0 Å². The molecule has 48 heavy (non-hydrogen) atoms. The van der Waals surface area contributed by atoms with E-state index in [0.717, 1.165) is 55.8 Å².